The Labute approximate surface area is 171 Å². The van der Waals surface area contributed by atoms with Gasteiger partial charge in [0.25, 0.3) is 0 Å². The highest BCUT2D eigenvalue weighted by Crippen LogP contribution is 2.27. The van der Waals surface area contributed by atoms with Gasteiger partial charge in [0.05, 0.1) is 18.6 Å². The van der Waals surface area contributed by atoms with Crippen LogP contribution in [0.5, 0.6) is 5.75 Å². The summed E-state index contributed by atoms with van der Waals surface area (Å²) in [6, 6.07) is 13.1. The predicted molar refractivity (Wildman–Crippen MR) is 109 cm³/mol. The number of nitrogens with zero attached hydrogens (tertiary/aromatic N) is 3. The van der Waals surface area contributed by atoms with E-state index in [9.17, 15) is 4.79 Å². The Morgan fingerprint density at radius 2 is 2.00 bits per heavy atom. The Morgan fingerprint density at radius 3 is 2.69 bits per heavy atom. The van der Waals surface area contributed by atoms with Crippen LogP contribution in [0, 0.1) is 0 Å². The van der Waals surface area contributed by atoms with Gasteiger partial charge in [-0.15, -0.1) is 10.2 Å². The largest absolute Gasteiger partial charge is 0.497 e. The SMILES string of the molecule is COc1ccc(-n2cnnc2SCC(=O)Nc2ccc(Br)cc2Br)cc1. The fraction of sp³-hybridized carbons (Fsp3) is 0.118. The van der Waals surface area contributed by atoms with Gasteiger partial charge in [-0.2, -0.15) is 0 Å². The molecule has 0 radical (unpaired) electrons. The first-order valence-electron chi connectivity index (χ1n) is 7.49. The fourth-order valence-corrected chi connectivity index (χ4v) is 4.03. The van der Waals surface area contributed by atoms with E-state index in [1.165, 1.54) is 11.8 Å². The zero-order chi connectivity index (χ0) is 18.5. The molecule has 0 saturated carbocycles. The molecule has 2 aromatic carbocycles. The molecule has 0 unspecified atom stereocenters. The lowest BCUT2D eigenvalue weighted by atomic mass is 10.3. The maximum atomic E-state index is 12.2. The van der Waals surface area contributed by atoms with Gasteiger partial charge in [-0.1, -0.05) is 27.7 Å². The number of thioether (sulfide) groups is 1. The molecule has 1 N–H and O–H groups in total. The molecule has 9 heteroatoms. The zero-order valence-corrected chi connectivity index (χ0v) is 17.6. The van der Waals surface area contributed by atoms with E-state index in [4.69, 9.17) is 4.74 Å². The molecular weight excluding hydrogens is 484 g/mol. The van der Waals surface area contributed by atoms with E-state index in [2.05, 4.69) is 47.4 Å². The summed E-state index contributed by atoms with van der Waals surface area (Å²) in [7, 11) is 1.62. The second-order valence-corrected chi connectivity index (χ2v) is 7.86. The summed E-state index contributed by atoms with van der Waals surface area (Å²) in [5.41, 5.74) is 1.62. The summed E-state index contributed by atoms with van der Waals surface area (Å²) in [5.74, 6) is 0.870. The molecule has 3 aromatic rings. The number of anilines is 1. The third kappa shape index (κ3) is 4.66. The van der Waals surface area contributed by atoms with Crippen molar-refractivity contribution in [2.75, 3.05) is 18.2 Å². The van der Waals surface area contributed by atoms with Crippen LogP contribution in [0.4, 0.5) is 5.69 Å². The van der Waals surface area contributed by atoms with Crippen molar-refractivity contribution in [1.29, 1.82) is 0 Å². The normalized spacial score (nSPS) is 10.6. The summed E-state index contributed by atoms with van der Waals surface area (Å²) in [4.78, 5) is 12.2. The lowest BCUT2D eigenvalue weighted by molar-refractivity contribution is -0.113. The van der Waals surface area contributed by atoms with Gasteiger partial charge in [-0.05, 0) is 58.4 Å². The van der Waals surface area contributed by atoms with Crippen LogP contribution in [-0.4, -0.2) is 33.5 Å². The number of amides is 1. The first kappa shape index (κ1) is 18.9. The minimum absolute atomic E-state index is 0.123. The average molecular weight is 498 g/mol. The van der Waals surface area contributed by atoms with E-state index < -0.39 is 0 Å². The van der Waals surface area contributed by atoms with Crippen molar-refractivity contribution in [2.45, 2.75) is 5.16 Å². The van der Waals surface area contributed by atoms with E-state index in [1.54, 1.807) is 13.4 Å². The Balaban J connectivity index is 1.64. The maximum Gasteiger partial charge on any atom is 0.234 e. The number of hydrogen-bond acceptors (Lipinski definition) is 5. The maximum absolute atomic E-state index is 12.2. The molecule has 0 aliphatic carbocycles. The summed E-state index contributed by atoms with van der Waals surface area (Å²) < 4.78 is 8.74. The third-order valence-electron chi connectivity index (χ3n) is 3.40. The lowest BCUT2D eigenvalue weighted by Crippen LogP contribution is -2.14. The van der Waals surface area contributed by atoms with Crippen molar-refractivity contribution in [3.8, 4) is 11.4 Å². The van der Waals surface area contributed by atoms with Gasteiger partial charge in [-0.3, -0.25) is 9.36 Å². The highest BCUT2D eigenvalue weighted by atomic mass is 79.9. The van der Waals surface area contributed by atoms with Crippen molar-refractivity contribution < 1.29 is 9.53 Å². The highest BCUT2D eigenvalue weighted by molar-refractivity contribution is 9.11. The molecule has 134 valence electrons. The second kappa shape index (κ2) is 8.70. The van der Waals surface area contributed by atoms with Crippen molar-refractivity contribution in [1.82, 2.24) is 14.8 Å². The van der Waals surface area contributed by atoms with Crippen LogP contribution in [0.2, 0.25) is 0 Å². The predicted octanol–water partition coefficient (Wildman–Crippen LogP) is 4.53. The molecule has 0 fully saturated rings. The van der Waals surface area contributed by atoms with Crippen LogP contribution in [0.1, 0.15) is 0 Å². The molecule has 0 bridgehead atoms. The van der Waals surface area contributed by atoms with Crippen LogP contribution in [-0.2, 0) is 4.79 Å². The molecule has 26 heavy (non-hydrogen) atoms. The van der Waals surface area contributed by atoms with Gasteiger partial charge in [0.15, 0.2) is 5.16 Å². The number of hydrogen-bond donors (Lipinski definition) is 1. The summed E-state index contributed by atoms with van der Waals surface area (Å²) in [5, 5.41) is 11.5. The number of carbonyl (C=O) groups excluding carboxylic acids is 1. The summed E-state index contributed by atoms with van der Waals surface area (Å²) in [6.45, 7) is 0. The standard InChI is InChI=1S/C17H14Br2N4O2S/c1-25-13-5-3-12(4-6-13)23-10-20-22-17(23)26-9-16(24)21-15-7-2-11(18)8-14(15)19/h2-8,10H,9H2,1H3,(H,21,24). The Hall–Kier alpha value is -1.84. The summed E-state index contributed by atoms with van der Waals surface area (Å²) >= 11 is 8.13. The van der Waals surface area contributed by atoms with E-state index in [1.807, 2.05) is 47.0 Å². The van der Waals surface area contributed by atoms with Crippen molar-refractivity contribution >= 4 is 55.2 Å². The molecule has 0 spiro atoms. The van der Waals surface area contributed by atoms with Gasteiger partial charge in [-0.25, -0.2) is 0 Å². The lowest BCUT2D eigenvalue weighted by Gasteiger charge is -2.09. The van der Waals surface area contributed by atoms with Gasteiger partial charge in [0, 0.05) is 14.6 Å². The topological polar surface area (TPSA) is 69.0 Å². The average Bonchev–Trinajstić information content (AvgIpc) is 3.11. The first-order valence-corrected chi connectivity index (χ1v) is 10.1. The van der Waals surface area contributed by atoms with Crippen molar-refractivity contribution in [3.05, 3.63) is 57.7 Å². The summed E-state index contributed by atoms with van der Waals surface area (Å²) in [6.07, 6.45) is 1.62. The minimum Gasteiger partial charge on any atom is -0.497 e. The van der Waals surface area contributed by atoms with Crippen molar-refractivity contribution in [3.63, 3.8) is 0 Å². The van der Waals surface area contributed by atoms with Crippen LogP contribution >= 0.6 is 43.6 Å². The minimum atomic E-state index is -0.123. The second-order valence-electron chi connectivity index (χ2n) is 5.14. The molecule has 0 aliphatic heterocycles. The quantitative estimate of drug-likeness (QED) is 0.506. The molecule has 1 amide bonds. The van der Waals surface area contributed by atoms with E-state index in [-0.39, 0.29) is 11.7 Å². The number of benzene rings is 2. The van der Waals surface area contributed by atoms with Crippen LogP contribution in [0.15, 0.2) is 62.9 Å². The van der Waals surface area contributed by atoms with E-state index >= 15 is 0 Å². The van der Waals surface area contributed by atoms with Gasteiger partial charge in [0.2, 0.25) is 5.91 Å². The first-order chi connectivity index (χ1) is 12.6. The molecule has 1 aromatic heterocycles. The molecule has 3 rings (SSSR count). The van der Waals surface area contributed by atoms with E-state index in [0.29, 0.717) is 5.16 Å². The number of rotatable bonds is 6. The molecule has 6 nitrogen and oxygen atoms in total. The Kier molecular flexibility index (Phi) is 6.33. The van der Waals surface area contributed by atoms with Gasteiger partial charge >= 0.3 is 0 Å². The van der Waals surface area contributed by atoms with Crippen molar-refractivity contribution in [2.24, 2.45) is 0 Å². The third-order valence-corrected chi connectivity index (χ3v) is 5.50. The van der Waals surface area contributed by atoms with E-state index in [0.717, 1.165) is 26.1 Å². The molecule has 0 saturated heterocycles. The Morgan fingerprint density at radius 1 is 1.23 bits per heavy atom. The molecular formula is C17H14Br2N4O2S. The smallest absolute Gasteiger partial charge is 0.234 e. The number of methoxy groups -OCH3 is 1. The van der Waals surface area contributed by atoms with Crippen LogP contribution < -0.4 is 10.1 Å². The fourth-order valence-electron chi connectivity index (χ4n) is 2.15. The number of nitrogens with one attached hydrogen (secondary N) is 1. The van der Waals surface area contributed by atoms with Gasteiger partial charge < -0.3 is 10.1 Å². The molecule has 0 aliphatic rings. The number of ether oxygens (including phenoxy) is 1. The van der Waals surface area contributed by atoms with Gasteiger partial charge in [0.1, 0.15) is 12.1 Å². The van der Waals surface area contributed by atoms with Crippen LogP contribution in [0.25, 0.3) is 5.69 Å². The zero-order valence-electron chi connectivity index (χ0n) is 13.6. The number of halogens is 2. The molecule has 1 heterocycles. The number of carbonyl (C=O) groups is 1. The Bertz CT molecular complexity index is 915. The number of aromatic nitrogens is 3. The monoisotopic (exact) mass is 496 g/mol. The molecule has 0 atom stereocenters. The highest BCUT2D eigenvalue weighted by Gasteiger charge is 2.11. The van der Waals surface area contributed by atoms with Crippen LogP contribution in [0.3, 0.4) is 0 Å².